The molecule has 0 atom stereocenters. The molecular weight excluding hydrogens is 286 g/mol. The van der Waals surface area contributed by atoms with Crippen molar-refractivity contribution in [2.75, 3.05) is 13.7 Å². The van der Waals surface area contributed by atoms with E-state index < -0.39 is 5.97 Å². The van der Waals surface area contributed by atoms with Gasteiger partial charge in [0.15, 0.2) is 6.61 Å². The molecule has 0 unspecified atom stereocenters. The SMILES string of the molecule is COc1ccc(C(=O)O)c(OCC(=O)N(C(C)C)C(C)C)c1. The fourth-order valence-corrected chi connectivity index (χ4v) is 2.31. The highest BCUT2D eigenvalue weighted by molar-refractivity contribution is 5.91. The second-order valence-electron chi connectivity index (χ2n) is 5.44. The first kappa shape index (κ1) is 17.8. The van der Waals surface area contributed by atoms with Crippen molar-refractivity contribution in [1.29, 1.82) is 0 Å². The Kier molecular flexibility index (Phi) is 6.22. The fourth-order valence-electron chi connectivity index (χ4n) is 2.31. The van der Waals surface area contributed by atoms with Crippen LogP contribution in [0.2, 0.25) is 0 Å². The Balaban J connectivity index is 2.90. The molecule has 0 aliphatic carbocycles. The van der Waals surface area contributed by atoms with Crippen LogP contribution in [0.4, 0.5) is 0 Å². The Morgan fingerprint density at radius 3 is 2.23 bits per heavy atom. The van der Waals surface area contributed by atoms with Crippen molar-refractivity contribution in [1.82, 2.24) is 4.90 Å². The molecule has 6 nitrogen and oxygen atoms in total. The predicted molar refractivity (Wildman–Crippen MR) is 82.6 cm³/mol. The van der Waals surface area contributed by atoms with Crippen LogP contribution in [0.5, 0.6) is 11.5 Å². The number of rotatable bonds is 7. The number of carbonyl (C=O) groups excluding carboxylic acids is 1. The molecule has 22 heavy (non-hydrogen) atoms. The first-order valence-corrected chi connectivity index (χ1v) is 7.13. The second kappa shape index (κ2) is 7.68. The molecule has 0 saturated carbocycles. The van der Waals surface area contributed by atoms with Crippen LogP contribution in [-0.2, 0) is 4.79 Å². The van der Waals surface area contributed by atoms with Gasteiger partial charge in [0.1, 0.15) is 17.1 Å². The molecule has 0 radical (unpaired) electrons. The summed E-state index contributed by atoms with van der Waals surface area (Å²) in [6, 6.07) is 4.47. The fraction of sp³-hybridized carbons (Fsp3) is 0.500. The van der Waals surface area contributed by atoms with E-state index in [9.17, 15) is 9.59 Å². The minimum Gasteiger partial charge on any atom is -0.497 e. The maximum Gasteiger partial charge on any atom is 0.339 e. The van der Waals surface area contributed by atoms with Crippen LogP contribution in [0.25, 0.3) is 0 Å². The first-order valence-electron chi connectivity index (χ1n) is 7.13. The van der Waals surface area contributed by atoms with Crippen LogP contribution >= 0.6 is 0 Å². The summed E-state index contributed by atoms with van der Waals surface area (Å²) in [5.41, 5.74) is -0.00533. The van der Waals surface area contributed by atoms with E-state index in [2.05, 4.69) is 0 Å². The molecule has 0 aliphatic rings. The average molecular weight is 309 g/mol. The third kappa shape index (κ3) is 4.38. The third-order valence-electron chi connectivity index (χ3n) is 3.17. The van der Waals surface area contributed by atoms with Gasteiger partial charge in [-0.05, 0) is 39.8 Å². The number of nitrogens with zero attached hydrogens (tertiary/aromatic N) is 1. The number of carbonyl (C=O) groups is 2. The zero-order valence-electron chi connectivity index (χ0n) is 13.6. The van der Waals surface area contributed by atoms with Gasteiger partial charge in [-0.25, -0.2) is 4.79 Å². The highest BCUT2D eigenvalue weighted by Gasteiger charge is 2.21. The number of hydrogen-bond donors (Lipinski definition) is 1. The summed E-state index contributed by atoms with van der Waals surface area (Å²) in [5, 5.41) is 9.16. The summed E-state index contributed by atoms with van der Waals surface area (Å²) in [5.74, 6) is -0.719. The lowest BCUT2D eigenvalue weighted by Gasteiger charge is -2.30. The lowest BCUT2D eigenvalue weighted by molar-refractivity contribution is -0.137. The topological polar surface area (TPSA) is 76.1 Å². The molecule has 1 aromatic carbocycles. The van der Waals surface area contributed by atoms with E-state index in [-0.39, 0.29) is 35.9 Å². The summed E-state index contributed by atoms with van der Waals surface area (Å²) >= 11 is 0. The Morgan fingerprint density at radius 2 is 1.77 bits per heavy atom. The second-order valence-corrected chi connectivity index (χ2v) is 5.44. The molecule has 0 aromatic heterocycles. The van der Waals surface area contributed by atoms with Crippen molar-refractivity contribution < 1.29 is 24.2 Å². The van der Waals surface area contributed by atoms with Crippen molar-refractivity contribution in [2.24, 2.45) is 0 Å². The van der Waals surface area contributed by atoms with Crippen LogP contribution in [0, 0.1) is 0 Å². The zero-order valence-corrected chi connectivity index (χ0v) is 13.6. The minimum absolute atomic E-state index is 0.00533. The van der Waals surface area contributed by atoms with E-state index in [0.717, 1.165) is 0 Å². The number of hydrogen-bond acceptors (Lipinski definition) is 4. The van der Waals surface area contributed by atoms with Crippen molar-refractivity contribution in [3.05, 3.63) is 23.8 Å². The standard InChI is InChI=1S/C16H23NO5/c1-10(2)17(11(3)4)15(18)9-22-14-8-12(21-5)6-7-13(14)16(19)20/h6-8,10-11H,9H2,1-5H3,(H,19,20). The summed E-state index contributed by atoms with van der Waals surface area (Å²) < 4.78 is 10.5. The maximum atomic E-state index is 12.3. The number of amides is 1. The maximum absolute atomic E-state index is 12.3. The number of ether oxygens (including phenoxy) is 2. The molecule has 6 heteroatoms. The van der Waals surface area contributed by atoms with Crippen LogP contribution in [-0.4, -0.2) is 47.7 Å². The summed E-state index contributed by atoms with van der Waals surface area (Å²) in [6.45, 7) is 7.47. The van der Waals surface area contributed by atoms with Gasteiger partial charge in [-0.2, -0.15) is 0 Å². The van der Waals surface area contributed by atoms with Gasteiger partial charge >= 0.3 is 5.97 Å². The molecule has 0 bridgehead atoms. The van der Waals surface area contributed by atoms with Gasteiger partial charge in [-0.15, -0.1) is 0 Å². The van der Waals surface area contributed by atoms with Gasteiger partial charge < -0.3 is 19.5 Å². The highest BCUT2D eigenvalue weighted by Crippen LogP contribution is 2.25. The Morgan fingerprint density at radius 1 is 1.18 bits per heavy atom. The Hall–Kier alpha value is -2.24. The normalized spacial score (nSPS) is 10.7. The average Bonchev–Trinajstić information content (AvgIpc) is 2.43. The van der Waals surface area contributed by atoms with Crippen molar-refractivity contribution in [3.63, 3.8) is 0 Å². The molecular formula is C16H23NO5. The summed E-state index contributed by atoms with van der Waals surface area (Å²) in [4.78, 5) is 25.2. The Bertz CT molecular complexity index is 531. The molecule has 122 valence electrons. The van der Waals surface area contributed by atoms with E-state index in [4.69, 9.17) is 14.6 Å². The number of aromatic carboxylic acids is 1. The van der Waals surface area contributed by atoms with Crippen LogP contribution in [0.3, 0.4) is 0 Å². The number of methoxy groups -OCH3 is 1. The smallest absolute Gasteiger partial charge is 0.339 e. The number of carboxylic acid groups (broad SMARTS) is 1. The molecule has 1 aromatic rings. The van der Waals surface area contributed by atoms with Crippen LogP contribution < -0.4 is 9.47 Å². The molecule has 1 N–H and O–H groups in total. The van der Waals surface area contributed by atoms with Crippen molar-refractivity contribution in [2.45, 2.75) is 39.8 Å². The molecule has 1 amide bonds. The first-order chi connectivity index (χ1) is 10.3. The van der Waals surface area contributed by atoms with E-state index in [1.807, 2.05) is 27.7 Å². The van der Waals surface area contributed by atoms with Gasteiger partial charge in [0.25, 0.3) is 5.91 Å². The highest BCUT2D eigenvalue weighted by atomic mass is 16.5. The van der Waals surface area contributed by atoms with Gasteiger partial charge in [0.05, 0.1) is 7.11 Å². The van der Waals surface area contributed by atoms with E-state index in [0.29, 0.717) is 5.75 Å². The largest absolute Gasteiger partial charge is 0.497 e. The minimum atomic E-state index is -1.12. The lowest BCUT2D eigenvalue weighted by atomic mass is 10.2. The Labute approximate surface area is 130 Å². The quantitative estimate of drug-likeness (QED) is 0.837. The van der Waals surface area contributed by atoms with Gasteiger partial charge in [-0.3, -0.25) is 4.79 Å². The molecule has 0 fully saturated rings. The monoisotopic (exact) mass is 309 g/mol. The predicted octanol–water partition coefficient (Wildman–Crippen LogP) is 2.42. The molecule has 0 saturated heterocycles. The van der Waals surface area contributed by atoms with Crippen LogP contribution in [0.15, 0.2) is 18.2 Å². The van der Waals surface area contributed by atoms with E-state index in [1.165, 1.54) is 25.3 Å². The zero-order chi connectivity index (χ0) is 16.9. The number of carboxylic acids is 1. The van der Waals surface area contributed by atoms with Crippen LogP contribution in [0.1, 0.15) is 38.1 Å². The number of benzene rings is 1. The van der Waals surface area contributed by atoms with Gasteiger partial charge in [-0.1, -0.05) is 0 Å². The molecule has 1 rings (SSSR count). The van der Waals surface area contributed by atoms with Crippen molar-refractivity contribution in [3.8, 4) is 11.5 Å². The van der Waals surface area contributed by atoms with E-state index in [1.54, 1.807) is 4.90 Å². The lowest BCUT2D eigenvalue weighted by Crippen LogP contribution is -2.44. The van der Waals surface area contributed by atoms with E-state index >= 15 is 0 Å². The molecule has 0 heterocycles. The third-order valence-corrected chi connectivity index (χ3v) is 3.17. The van der Waals surface area contributed by atoms with Gasteiger partial charge in [0.2, 0.25) is 0 Å². The van der Waals surface area contributed by atoms with Crippen molar-refractivity contribution >= 4 is 11.9 Å². The summed E-state index contributed by atoms with van der Waals surface area (Å²) in [6.07, 6.45) is 0. The molecule has 0 aliphatic heterocycles. The molecule has 0 spiro atoms. The summed E-state index contributed by atoms with van der Waals surface area (Å²) in [7, 11) is 1.48. The van der Waals surface area contributed by atoms with Gasteiger partial charge in [0, 0.05) is 18.2 Å².